The van der Waals surface area contributed by atoms with E-state index in [9.17, 15) is 4.79 Å². The molecule has 0 heterocycles. The first-order valence-corrected chi connectivity index (χ1v) is 10.2. The fraction of sp³-hybridized carbons (Fsp3) is 0.458. The molecule has 2 aromatic carbocycles. The molecule has 0 fully saturated rings. The van der Waals surface area contributed by atoms with Crippen molar-refractivity contribution in [3.05, 3.63) is 59.2 Å². The first kappa shape index (κ1) is 20.2. The van der Waals surface area contributed by atoms with E-state index in [1.165, 1.54) is 29.5 Å². The molecule has 2 aromatic rings. The summed E-state index contributed by atoms with van der Waals surface area (Å²) < 4.78 is 11.3. The van der Waals surface area contributed by atoms with Crippen LogP contribution in [0, 0.1) is 0 Å². The summed E-state index contributed by atoms with van der Waals surface area (Å²) in [6.45, 7) is 7.46. The lowest BCUT2D eigenvalue weighted by Gasteiger charge is -2.19. The second-order valence-electron chi connectivity index (χ2n) is 8.40. The van der Waals surface area contributed by atoms with Crippen molar-refractivity contribution >= 4 is 5.91 Å². The van der Waals surface area contributed by atoms with Crippen LogP contribution in [-0.4, -0.2) is 25.7 Å². The number of benzene rings is 2. The molecular formula is C24H31NO3. The van der Waals surface area contributed by atoms with Crippen LogP contribution in [0.3, 0.4) is 0 Å². The predicted octanol–water partition coefficient (Wildman–Crippen LogP) is 4.44. The first-order chi connectivity index (χ1) is 13.4. The molecule has 1 aliphatic rings. The van der Waals surface area contributed by atoms with Gasteiger partial charge in [0.1, 0.15) is 18.1 Å². The van der Waals surface area contributed by atoms with E-state index in [2.05, 4.69) is 50.4 Å². The van der Waals surface area contributed by atoms with Crippen molar-refractivity contribution in [3.63, 3.8) is 0 Å². The maximum Gasteiger partial charge on any atom is 0.258 e. The molecule has 0 aromatic heterocycles. The van der Waals surface area contributed by atoms with Crippen molar-refractivity contribution in [1.29, 1.82) is 0 Å². The average molecular weight is 382 g/mol. The number of hydrogen-bond acceptors (Lipinski definition) is 3. The lowest BCUT2D eigenvalue weighted by molar-refractivity contribution is -0.123. The molecule has 1 aliphatic carbocycles. The van der Waals surface area contributed by atoms with E-state index in [4.69, 9.17) is 9.47 Å². The first-order valence-electron chi connectivity index (χ1n) is 10.2. The summed E-state index contributed by atoms with van der Waals surface area (Å²) in [4.78, 5) is 12.0. The average Bonchev–Trinajstić information content (AvgIpc) is 2.69. The van der Waals surface area contributed by atoms with Crippen molar-refractivity contribution < 1.29 is 14.3 Å². The Morgan fingerprint density at radius 3 is 2.32 bits per heavy atom. The molecule has 0 aliphatic heterocycles. The Kier molecular flexibility index (Phi) is 6.61. The molecule has 0 radical (unpaired) electrons. The molecule has 0 saturated heterocycles. The molecule has 3 rings (SSSR count). The van der Waals surface area contributed by atoms with Crippen molar-refractivity contribution in [3.8, 4) is 11.5 Å². The molecular weight excluding hydrogens is 350 g/mol. The van der Waals surface area contributed by atoms with Gasteiger partial charge in [0.05, 0.1) is 6.54 Å². The Hall–Kier alpha value is -2.49. The Labute approximate surface area is 168 Å². The molecule has 0 unspecified atom stereocenters. The minimum atomic E-state index is -0.135. The van der Waals surface area contributed by atoms with Gasteiger partial charge in [0.2, 0.25) is 0 Å². The summed E-state index contributed by atoms with van der Waals surface area (Å²) in [6.07, 6.45) is 4.75. The van der Waals surface area contributed by atoms with Crippen LogP contribution in [0.2, 0.25) is 0 Å². The molecule has 0 bridgehead atoms. The fourth-order valence-electron chi connectivity index (χ4n) is 3.41. The maximum atomic E-state index is 12.0. The summed E-state index contributed by atoms with van der Waals surface area (Å²) in [5.74, 6) is 1.45. The van der Waals surface area contributed by atoms with Crippen LogP contribution in [0.1, 0.15) is 50.3 Å². The standard InChI is InChI=1S/C24H31NO3/c1-24(2,3)20-9-12-21(13-10-20)27-15-14-25-23(26)17-28-22-11-8-18-6-4-5-7-19(18)16-22/h8-13,16H,4-7,14-15,17H2,1-3H3,(H,25,26). The number of carbonyl (C=O) groups excluding carboxylic acids is 1. The van der Waals surface area contributed by atoms with Crippen LogP contribution in [0.25, 0.3) is 0 Å². The second-order valence-corrected chi connectivity index (χ2v) is 8.40. The van der Waals surface area contributed by atoms with Crippen molar-refractivity contribution in [2.75, 3.05) is 19.8 Å². The van der Waals surface area contributed by atoms with Gasteiger partial charge in [-0.2, -0.15) is 0 Å². The van der Waals surface area contributed by atoms with Gasteiger partial charge in [0.15, 0.2) is 6.61 Å². The van der Waals surface area contributed by atoms with Crippen LogP contribution in [0.4, 0.5) is 0 Å². The number of amides is 1. The van der Waals surface area contributed by atoms with E-state index >= 15 is 0 Å². The number of hydrogen-bond donors (Lipinski definition) is 1. The maximum absolute atomic E-state index is 12.0. The van der Waals surface area contributed by atoms with Gasteiger partial charge in [-0.1, -0.05) is 39.0 Å². The summed E-state index contributed by atoms with van der Waals surface area (Å²) in [5, 5.41) is 2.83. The molecule has 0 saturated carbocycles. The van der Waals surface area contributed by atoms with E-state index in [-0.39, 0.29) is 17.9 Å². The zero-order valence-corrected chi connectivity index (χ0v) is 17.2. The monoisotopic (exact) mass is 381 g/mol. The molecule has 0 spiro atoms. The van der Waals surface area contributed by atoms with E-state index in [1.807, 2.05) is 18.2 Å². The molecule has 150 valence electrons. The Bertz CT molecular complexity index is 790. The van der Waals surface area contributed by atoms with E-state index in [0.717, 1.165) is 24.3 Å². The van der Waals surface area contributed by atoms with Gasteiger partial charge in [-0.05, 0) is 72.1 Å². The highest BCUT2D eigenvalue weighted by Crippen LogP contribution is 2.25. The zero-order valence-electron chi connectivity index (χ0n) is 17.2. The number of aryl methyl sites for hydroxylation is 2. The topological polar surface area (TPSA) is 47.6 Å². The molecule has 1 amide bonds. The normalized spacial score (nSPS) is 13.5. The highest BCUT2D eigenvalue weighted by Gasteiger charge is 2.13. The lowest BCUT2D eigenvalue weighted by Crippen LogP contribution is -2.32. The quantitative estimate of drug-likeness (QED) is 0.722. The van der Waals surface area contributed by atoms with Gasteiger partial charge in [-0.3, -0.25) is 4.79 Å². The Morgan fingerprint density at radius 1 is 0.929 bits per heavy atom. The van der Waals surface area contributed by atoms with Crippen LogP contribution in [0.5, 0.6) is 11.5 Å². The van der Waals surface area contributed by atoms with Crippen molar-refractivity contribution in [2.24, 2.45) is 0 Å². The molecule has 4 nitrogen and oxygen atoms in total. The smallest absolute Gasteiger partial charge is 0.258 e. The third kappa shape index (κ3) is 5.75. The fourth-order valence-corrected chi connectivity index (χ4v) is 3.41. The summed E-state index contributed by atoms with van der Waals surface area (Å²) in [7, 11) is 0. The number of rotatable bonds is 7. The van der Waals surface area contributed by atoms with E-state index in [1.54, 1.807) is 0 Å². The molecule has 0 atom stereocenters. The highest BCUT2D eigenvalue weighted by atomic mass is 16.5. The van der Waals surface area contributed by atoms with Gasteiger partial charge >= 0.3 is 0 Å². The minimum Gasteiger partial charge on any atom is -0.492 e. The largest absolute Gasteiger partial charge is 0.492 e. The van der Waals surface area contributed by atoms with Gasteiger partial charge in [-0.15, -0.1) is 0 Å². The summed E-state index contributed by atoms with van der Waals surface area (Å²) in [5.41, 5.74) is 4.17. The second kappa shape index (κ2) is 9.13. The number of fused-ring (bicyclic) bond motifs is 1. The number of carbonyl (C=O) groups is 1. The number of ether oxygens (including phenoxy) is 2. The summed E-state index contributed by atoms with van der Waals surface area (Å²) >= 11 is 0. The van der Waals surface area contributed by atoms with Crippen LogP contribution < -0.4 is 14.8 Å². The van der Waals surface area contributed by atoms with Gasteiger partial charge in [0.25, 0.3) is 5.91 Å². The lowest BCUT2D eigenvalue weighted by atomic mass is 9.87. The van der Waals surface area contributed by atoms with Gasteiger partial charge in [-0.25, -0.2) is 0 Å². The Balaban J connectivity index is 1.36. The third-order valence-electron chi connectivity index (χ3n) is 5.10. The van der Waals surface area contributed by atoms with Crippen molar-refractivity contribution in [1.82, 2.24) is 5.32 Å². The molecule has 28 heavy (non-hydrogen) atoms. The van der Waals surface area contributed by atoms with Crippen LogP contribution >= 0.6 is 0 Å². The predicted molar refractivity (Wildman–Crippen MR) is 112 cm³/mol. The molecule has 4 heteroatoms. The minimum absolute atomic E-state index is 0.0269. The van der Waals surface area contributed by atoms with Crippen molar-refractivity contribution in [2.45, 2.75) is 51.9 Å². The zero-order chi connectivity index (χ0) is 20.0. The van der Waals surface area contributed by atoms with Crippen LogP contribution in [-0.2, 0) is 23.1 Å². The SMILES string of the molecule is CC(C)(C)c1ccc(OCCNC(=O)COc2ccc3c(c2)CCCC3)cc1. The van der Waals surface area contributed by atoms with E-state index in [0.29, 0.717) is 13.2 Å². The summed E-state index contributed by atoms with van der Waals surface area (Å²) in [6, 6.07) is 14.3. The van der Waals surface area contributed by atoms with Gasteiger partial charge in [0, 0.05) is 0 Å². The van der Waals surface area contributed by atoms with Gasteiger partial charge < -0.3 is 14.8 Å². The Morgan fingerprint density at radius 2 is 1.61 bits per heavy atom. The highest BCUT2D eigenvalue weighted by molar-refractivity contribution is 5.77. The third-order valence-corrected chi connectivity index (χ3v) is 5.10. The van der Waals surface area contributed by atoms with Crippen LogP contribution in [0.15, 0.2) is 42.5 Å². The number of nitrogens with one attached hydrogen (secondary N) is 1. The van der Waals surface area contributed by atoms with E-state index < -0.39 is 0 Å². The molecule has 1 N–H and O–H groups in total.